The molecule has 7 nitrogen and oxygen atoms in total. The molecule has 0 amide bonds. The molecule has 2 aliphatic heterocycles. The molecule has 0 aliphatic carbocycles. The molecule has 2 aromatic carbocycles. The van der Waals surface area contributed by atoms with Crippen molar-refractivity contribution < 1.29 is 28.8 Å². The minimum Gasteiger partial charge on any atom is -0.492 e. The van der Waals surface area contributed by atoms with Gasteiger partial charge in [0.1, 0.15) is 12.4 Å². The Kier molecular flexibility index (Phi) is 5.64. The number of carboxylic acid groups (broad SMARTS) is 1. The van der Waals surface area contributed by atoms with E-state index in [1.807, 2.05) is 30.3 Å². The van der Waals surface area contributed by atoms with Crippen molar-refractivity contribution in [2.24, 2.45) is 0 Å². The van der Waals surface area contributed by atoms with Gasteiger partial charge in [-0.1, -0.05) is 24.3 Å². The quantitative estimate of drug-likeness (QED) is 0.818. The number of aliphatic carboxylic acids is 1. The molecule has 2 aromatic rings. The van der Waals surface area contributed by atoms with Crippen LogP contribution in [0, 0.1) is 0 Å². The molecule has 2 atom stereocenters. The van der Waals surface area contributed by atoms with Crippen LogP contribution in [0.15, 0.2) is 48.5 Å². The highest BCUT2D eigenvalue weighted by Gasteiger charge is 2.38. The minimum atomic E-state index is -1.13. The van der Waals surface area contributed by atoms with E-state index >= 15 is 0 Å². The Bertz CT molecular complexity index is 820. The number of para-hydroxylation sites is 2. The smallest absolute Gasteiger partial charge is 0.349 e. The summed E-state index contributed by atoms with van der Waals surface area (Å²) < 4.78 is 22.9. The summed E-state index contributed by atoms with van der Waals surface area (Å²) in [5.41, 5.74) is 0.700. The predicted molar refractivity (Wildman–Crippen MR) is 101 cm³/mol. The lowest BCUT2D eigenvalue weighted by Gasteiger charge is -2.32. The largest absolute Gasteiger partial charge is 0.492 e. The number of carbonyl (C=O) groups is 1. The third-order valence-electron chi connectivity index (χ3n) is 4.84. The molecule has 28 heavy (non-hydrogen) atoms. The van der Waals surface area contributed by atoms with Gasteiger partial charge in [0.25, 0.3) is 0 Å². The summed E-state index contributed by atoms with van der Waals surface area (Å²) in [5.74, 6) is 0.572. The number of morpholine rings is 1. The maximum atomic E-state index is 11.7. The fourth-order valence-electron chi connectivity index (χ4n) is 3.36. The second-order valence-corrected chi connectivity index (χ2v) is 6.74. The number of carboxylic acids is 1. The van der Waals surface area contributed by atoms with E-state index in [4.69, 9.17) is 18.9 Å². The molecular formula is C21H23NO6. The molecule has 4 rings (SSSR count). The molecule has 7 heteroatoms. The standard InChI is InChI=1S/C21H23NO6/c23-21(24)20-19(27-17-6-1-2-7-18(17)28-20)15-4-3-5-16(14-15)26-13-10-22-8-11-25-12-9-22/h1-7,14,19-20H,8-13H2,(H,23,24). The summed E-state index contributed by atoms with van der Waals surface area (Å²) in [6.45, 7) is 4.71. The first-order valence-corrected chi connectivity index (χ1v) is 9.39. The molecule has 1 N–H and O–H groups in total. The van der Waals surface area contributed by atoms with Crippen LogP contribution in [0.2, 0.25) is 0 Å². The van der Waals surface area contributed by atoms with Crippen LogP contribution in [0.25, 0.3) is 0 Å². The Morgan fingerprint density at radius 1 is 1.07 bits per heavy atom. The summed E-state index contributed by atoms with van der Waals surface area (Å²) in [6.07, 6.45) is -1.88. The lowest BCUT2D eigenvalue weighted by molar-refractivity contribution is -0.151. The molecule has 2 unspecified atom stereocenters. The van der Waals surface area contributed by atoms with E-state index in [1.54, 1.807) is 18.2 Å². The number of nitrogens with zero attached hydrogens (tertiary/aromatic N) is 1. The normalized spacial score (nSPS) is 21.9. The van der Waals surface area contributed by atoms with Gasteiger partial charge in [-0.25, -0.2) is 4.79 Å². The number of benzene rings is 2. The molecule has 2 aliphatic rings. The molecule has 2 heterocycles. The number of rotatable bonds is 6. The first kappa shape index (κ1) is 18.6. The molecule has 0 saturated carbocycles. The number of hydrogen-bond acceptors (Lipinski definition) is 6. The molecule has 1 fully saturated rings. The van der Waals surface area contributed by atoms with Crippen molar-refractivity contribution in [2.75, 3.05) is 39.5 Å². The maximum absolute atomic E-state index is 11.7. The molecule has 0 aromatic heterocycles. The summed E-state index contributed by atoms with van der Waals surface area (Å²) in [6, 6.07) is 14.4. The van der Waals surface area contributed by atoms with Gasteiger partial charge in [-0.15, -0.1) is 0 Å². The highest BCUT2D eigenvalue weighted by atomic mass is 16.6. The highest BCUT2D eigenvalue weighted by Crippen LogP contribution is 2.39. The molecule has 148 valence electrons. The fraction of sp³-hybridized carbons (Fsp3) is 0.381. The van der Waals surface area contributed by atoms with Gasteiger partial charge in [0.05, 0.1) is 13.2 Å². The molecular weight excluding hydrogens is 362 g/mol. The van der Waals surface area contributed by atoms with Gasteiger partial charge in [0.2, 0.25) is 6.10 Å². The van der Waals surface area contributed by atoms with Gasteiger partial charge in [0, 0.05) is 25.2 Å². The summed E-state index contributed by atoms with van der Waals surface area (Å²) >= 11 is 0. The number of hydrogen-bond donors (Lipinski definition) is 1. The van der Waals surface area contributed by atoms with Crippen molar-refractivity contribution in [3.8, 4) is 17.2 Å². The topological polar surface area (TPSA) is 77.5 Å². The first-order chi connectivity index (χ1) is 13.7. The van der Waals surface area contributed by atoms with Crippen LogP contribution in [0.4, 0.5) is 0 Å². The van der Waals surface area contributed by atoms with E-state index in [1.165, 1.54) is 0 Å². The van der Waals surface area contributed by atoms with Gasteiger partial charge in [-0.2, -0.15) is 0 Å². The highest BCUT2D eigenvalue weighted by molar-refractivity contribution is 5.75. The van der Waals surface area contributed by atoms with Gasteiger partial charge in [-0.05, 0) is 24.3 Å². The van der Waals surface area contributed by atoms with Crippen molar-refractivity contribution in [1.82, 2.24) is 4.90 Å². The molecule has 0 bridgehead atoms. The Morgan fingerprint density at radius 3 is 2.57 bits per heavy atom. The zero-order chi connectivity index (χ0) is 19.3. The Morgan fingerprint density at radius 2 is 1.82 bits per heavy atom. The van der Waals surface area contributed by atoms with Crippen LogP contribution >= 0.6 is 0 Å². The van der Waals surface area contributed by atoms with E-state index in [0.717, 1.165) is 32.8 Å². The molecule has 0 spiro atoms. The monoisotopic (exact) mass is 385 g/mol. The van der Waals surface area contributed by atoms with E-state index in [0.29, 0.717) is 29.4 Å². The van der Waals surface area contributed by atoms with Gasteiger partial charge >= 0.3 is 5.97 Å². The van der Waals surface area contributed by atoms with E-state index in [9.17, 15) is 9.90 Å². The molecule has 0 radical (unpaired) electrons. The third-order valence-corrected chi connectivity index (χ3v) is 4.84. The van der Waals surface area contributed by atoms with Crippen LogP contribution in [0.3, 0.4) is 0 Å². The van der Waals surface area contributed by atoms with Crippen molar-refractivity contribution in [3.63, 3.8) is 0 Å². The van der Waals surface area contributed by atoms with Crippen LogP contribution < -0.4 is 14.2 Å². The van der Waals surface area contributed by atoms with Gasteiger partial charge < -0.3 is 24.1 Å². The summed E-state index contributed by atoms with van der Waals surface area (Å²) in [7, 11) is 0. The maximum Gasteiger partial charge on any atom is 0.349 e. The van der Waals surface area contributed by atoms with E-state index in [2.05, 4.69) is 4.90 Å². The van der Waals surface area contributed by atoms with Crippen molar-refractivity contribution in [1.29, 1.82) is 0 Å². The van der Waals surface area contributed by atoms with Crippen LogP contribution in [0.1, 0.15) is 11.7 Å². The summed E-state index contributed by atoms with van der Waals surface area (Å²) in [4.78, 5) is 14.0. The average Bonchev–Trinajstić information content (AvgIpc) is 2.74. The minimum absolute atomic E-state index is 0.434. The van der Waals surface area contributed by atoms with E-state index < -0.39 is 18.2 Å². The van der Waals surface area contributed by atoms with Crippen LogP contribution in [-0.4, -0.2) is 61.5 Å². The summed E-state index contributed by atoms with van der Waals surface area (Å²) in [5, 5.41) is 9.60. The van der Waals surface area contributed by atoms with Crippen LogP contribution in [0.5, 0.6) is 17.2 Å². The third kappa shape index (κ3) is 4.21. The number of fused-ring (bicyclic) bond motifs is 1. The van der Waals surface area contributed by atoms with Crippen molar-refractivity contribution in [2.45, 2.75) is 12.2 Å². The fourth-order valence-corrected chi connectivity index (χ4v) is 3.36. The second kappa shape index (κ2) is 8.50. The van der Waals surface area contributed by atoms with E-state index in [-0.39, 0.29) is 0 Å². The first-order valence-electron chi connectivity index (χ1n) is 9.39. The van der Waals surface area contributed by atoms with Gasteiger partial charge in [-0.3, -0.25) is 4.90 Å². The second-order valence-electron chi connectivity index (χ2n) is 6.74. The van der Waals surface area contributed by atoms with Crippen LogP contribution in [-0.2, 0) is 9.53 Å². The predicted octanol–water partition coefficient (Wildman–Crippen LogP) is 2.36. The van der Waals surface area contributed by atoms with Gasteiger partial charge in [0.15, 0.2) is 17.6 Å². The Balaban J connectivity index is 1.45. The molecule has 1 saturated heterocycles. The SMILES string of the molecule is O=C(O)C1Oc2ccccc2OC1c1cccc(OCCN2CCOCC2)c1. The average molecular weight is 385 g/mol. The zero-order valence-electron chi connectivity index (χ0n) is 15.5. The number of ether oxygens (including phenoxy) is 4. The van der Waals surface area contributed by atoms with Crippen molar-refractivity contribution >= 4 is 5.97 Å². The lowest BCUT2D eigenvalue weighted by Crippen LogP contribution is -2.39. The zero-order valence-corrected chi connectivity index (χ0v) is 15.5. The lowest BCUT2D eigenvalue weighted by atomic mass is 10.0. The Hall–Kier alpha value is -2.77. The van der Waals surface area contributed by atoms with Crippen molar-refractivity contribution in [3.05, 3.63) is 54.1 Å². The Labute approximate surface area is 163 Å².